The zero-order valence-electron chi connectivity index (χ0n) is 24.1. The Hall–Kier alpha value is -4.37. The van der Waals surface area contributed by atoms with Crippen molar-refractivity contribution in [1.82, 2.24) is 9.99 Å². The van der Waals surface area contributed by atoms with E-state index in [-0.39, 0.29) is 19.0 Å². The highest BCUT2D eigenvalue weighted by atomic mass is 35.5. The molecule has 226 valence electrons. The number of hydrogen-bond donors (Lipinski definition) is 1. The fraction of sp³-hybridized carbons (Fsp3) is 0.152. The lowest BCUT2D eigenvalue weighted by atomic mass is 10.2. The van der Waals surface area contributed by atoms with Gasteiger partial charge in [-0.2, -0.15) is 5.10 Å². The fourth-order valence-electron chi connectivity index (χ4n) is 4.46. The highest BCUT2D eigenvalue weighted by Gasteiger charge is 2.14. The predicted octanol–water partition coefficient (Wildman–Crippen LogP) is 8.58. The summed E-state index contributed by atoms with van der Waals surface area (Å²) in [6, 6.07) is 23.6. The van der Waals surface area contributed by atoms with Gasteiger partial charge in [-0.3, -0.25) is 4.79 Å². The molecule has 2 heterocycles. The van der Waals surface area contributed by atoms with Gasteiger partial charge in [0.05, 0.1) is 18.3 Å². The number of hydrazone groups is 1. The standard InChI is InChI=1S/C33H28Cl3N3O5/c1-20-4-5-21(2)39(20)25-8-10-26(11-9-25)42-19-27-12-13-30(44-27)33(40)38-37-17-22-14-29(36)32(31(15-22)41-3)43-18-23-6-7-24(34)16-28(23)35/h4-17H,18-19H2,1-3H3,(H,38,40)/b37-17+. The largest absolute Gasteiger partial charge is 0.493 e. The van der Waals surface area contributed by atoms with E-state index in [1.54, 1.807) is 42.5 Å². The summed E-state index contributed by atoms with van der Waals surface area (Å²) in [7, 11) is 1.50. The third-order valence-corrected chi connectivity index (χ3v) is 7.52. The van der Waals surface area contributed by atoms with Crippen LogP contribution in [0.1, 0.15) is 38.8 Å². The Balaban J connectivity index is 1.15. The summed E-state index contributed by atoms with van der Waals surface area (Å²) in [5, 5.41) is 5.32. The van der Waals surface area contributed by atoms with Crippen molar-refractivity contribution in [3.63, 3.8) is 0 Å². The van der Waals surface area contributed by atoms with Crippen molar-refractivity contribution >= 4 is 46.9 Å². The second-order valence-corrected chi connectivity index (χ2v) is 11.0. The van der Waals surface area contributed by atoms with Crippen LogP contribution < -0.4 is 19.6 Å². The van der Waals surface area contributed by atoms with Gasteiger partial charge in [0.2, 0.25) is 0 Å². The Kier molecular flexibility index (Phi) is 9.85. The van der Waals surface area contributed by atoms with E-state index in [0.29, 0.717) is 43.6 Å². The molecule has 0 atom stereocenters. The molecule has 3 aromatic carbocycles. The van der Waals surface area contributed by atoms with E-state index in [1.165, 1.54) is 13.3 Å². The van der Waals surface area contributed by atoms with Crippen LogP contribution in [0.3, 0.4) is 0 Å². The molecule has 0 fully saturated rings. The first-order chi connectivity index (χ1) is 21.2. The Morgan fingerprint density at radius 1 is 0.886 bits per heavy atom. The normalized spacial score (nSPS) is 11.1. The van der Waals surface area contributed by atoms with Crippen molar-refractivity contribution in [2.45, 2.75) is 27.1 Å². The lowest BCUT2D eigenvalue weighted by Crippen LogP contribution is -2.16. The molecule has 11 heteroatoms. The topological polar surface area (TPSA) is 87.2 Å². The van der Waals surface area contributed by atoms with Crippen LogP contribution >= 0.6 is 34.8 Å². The van der Waals surface area contributed by atoms with Crippen LogP contribution in [0.25, 0.3) is 5.69 Å². The van der Waals surface area contributed by atoms with E-state index < -0.39 is 5.91 Å². The third kappa shape index (κ3) is 7.39. The number of amides is 1. The summed E-state index contributed by atoms with van der Waals surface area (Å²) < 4.78 is 25.0. The van der Waals surface area contributed by atoms with Gasteiger partial charge in [0.25, 0.3) is 0 Å². The first-order valence-electron chi connectivity index (χ1n) is 13.5. The van der Waals surface area contributed by atoms with Crippen LogP contribution in [0.5, 0.6) is 17.2 Å². The number of benzene rings is 3. The molecule has 0 radical (unpaired) electrons. The number of halogens is 3. The van der Waals surface area contributed by atoms with Gasteiger partial charge >= 0.3 is 5.91 Å². The molecule has 0 unspecified atom stereocenters. The van der Waals surface area contributed by atoms with Gasteiger partial charge in [-0.25, -0.2) is 5.43 Å². The van der Waals surface area contributed by atoms with Gasteiger partial charge in [0, 0.05) is 32.7 Å². The van der Waals surface area contributed by atoms with Crippen LogP contribution in [0, 0.1) is 13.8 Å². The zero-order chi connectivity index (χ0) is 31.2. The average Bonchev–Trinajstić information content (AvgIpc) is 3.62. The quantitative estimate of drug-likeness (QED) is 0.114. The summed E-state index contributed by atoms with van der Waals surface area (Å²) in [5.41, 5.74) is 7.13. The second-order valence-electron chi connectivity index (χ2n) is 9.76. The molecule has 1 N–H and O–H groups in total. The molecule has 0 saturated carbocycles. The summed E-state index contributed by atoms with van der Waals surface area (Å²) in [5.74, 6) is 1.47. The molecular formula is C33H28Cl3N3O5. The molecule has 5 aromatic rings. The van der Waals surface area contributed by atoms with Crippen molar-refractivity contribution in [3.05, 3.63) is 128 Å². The van der Waals surface area contributed by atoms with Gasteiger partial charge in [0.1, 0.15) is 24.7 Å². The number of carbonyl (C=O) groups is 1. The van der Waals surface area contributed by atoms with Crippen molar-refractivity contribution in [1.29, 1.82) is 0 Å². The summed E-state index contributed by atoms with van der Waals surface area (Å²) in [6.45, 7) is 4.45. The molecule has 0 aliphatic heterocycles. The molecule has 8 nitrogen and oxygen atoms in total. The maximum Gasteiger partial charge on any atom is 0.307 e. The highest BCUT2D eigenvalue weighted by Crippen LogP contribution is 2.37. The maximum atomic E-state index is 12.6. The molecular weight excluding hydrogens is 625 g/mol. The first kappa shape index (κ1) is 31.1. The monoisotopic (exact) mass is 651 g/mol. The molecule has 0 aliphatic rings. The van der Waals surface area contributed by atoms with E-state index >= 15 is 0 Å². The van der Waals surface area contributed by atoms with Crippen molar-refractivity contribution < 1.29 is 23.4 Å². The van der Waals surface area contributed by atoms with Crippen LogP contribution in [-0.2, 0) is 13.2 Å². The summed E-state index contributed by atoms with van der Waals surface area (Å²) >= 11 is 18.7. The number of nitrogens with zero attached hydrogens (tertiary/aromatic N) is 2. The molecule has 0 bridgehead atoms. The van der Waals surface area contributed by atoms with Crippen molar-refractivity contribution in [2.24, 2.45) is 5.10 Å². The smallest absolute Gasteiger partial charge is 0.307 e. The number of hydrogen-bond acceptors (Lipinski definition) is 6. The number of furan rings is 1. The SMILES string of the molecule is COc1cc(/C=N/NC(=O)c2ccc(COc3ccc(-n4c(C)ccc4C)cc3)o2)cc(Cl)c1OCc1ccc(Cl)cc1Cl. The Bertz CT molecular complexity index is 1790. The number of carbonyl (C=O) groups excluding carboxylic acids is 1. The Morgan fingerprint density at radius 3 is 2.34 bits per heavy atom. The van der Waals surface area contributed by atoms with Gasteiger partial charge in [-0.15, -0.1) is 0 Å². The molecule has 5 rings (SSSR count). The van der Waals surface area contributed by atoms with E-state index in [1.807, 2.05) is 24.3 Å². The number of ether oxygens (including phenoxy) is 3. The number of nitrogens with one attached hydrogen (secondary N) is 1. The lowest BCUT2D eigenvalue weighted by Gasteiger charge is -2.14. The fourth-order valence-corrected chi connectivity index (χ4v) is 5.20. The zero-order valence-corrected chi connectivity index (χ0v) is 26.3. The van der Waals surface area contributed by atoms with Gasteiger partial charge < -0.3 is 23.2 Å². The summed E-state index contributed by atoms with van der Waals surface area (Å²) in [4.78, 5) is 12.6. The molecule has 0 spiro atoms. The van der Waals surface area contributed by atoms with Crippen molar-refractivity contribution in [2.75, 3.05) is 7.11 Å². The minimum Gasteiger partial charge on any atom is -0.493 e. The second kappa shape index (κ2) is 13.9. The van der Waals surface area contributed by atoms with Crippen LogP contribution in [0.2, 0.25) is 15.1 Å². The number of aryl methyl sites for hydroxylation is 2. The number of rotatable bonds is 11. The highest BCUT2D eigenvalue weighted by molar-refractivity contribution is 6.35. The number of methoxy groups -OCH3 is 1. The Morgan fingerprint density at radius 2 is 1.64 bits per heavy atom. The minimum absolute atomic E-state index is 0.0925. The molecule has 1 amide bonds. The van der Waals surface area contributed by atoms with Crippen molar-refractivity contribution in [3.8, 4) is 22.9 Å². The van der Waals surface area contributed by atoms with Crippen LogP contribution in [0.15, 0.2) is 88.4 Å². The van der Waals surface area contributed by atoms with E-state index in [2.05, 4.69) is 41.1 Å². The van der Waals surface area contributed by atoms with Gasteiger partial charge in [0.15, 0.2) is 17.3 Å². The maximum absolute atomic E-state index is 12.6. The van der Waals surface area contributed by atoms with Crippen LogP contribution in [0.4, 0.5) is 0 Å². The molecule has 0 saturated heterocycles. The molecule has 0 aliphatic carbocycles. The first-order valence-corrected chi connectivity index (χ1v) is 14.6. The third-order valence-electron chi connectivity index (χ3n) is 6.65. The molecule has 2 aromatic heterocycles. The minimum atomic E-state index is -0.521. The average molecular weight is 653 g/mol. The van der Waals surface area contributed by atoms with Crippen LogP contribution in [-0.4, -0.2) is 23.8 Å². The predicted molar refractivity (Wildman–Crippen MR) is 172 cm³/mol. The lowest BCUT2D eigenvalue weighted by molar-refractivity contribution is 0.0923. The Labute approximate surface area is 269 Å². The van der Waals surface area contributed by atoms with E-state index in [9.17, 15) is 4.79 Å². The number of aromatic nitrogens is 1. The molecule has 44 heavy (non-hydrogen) atoms. The van der Waals surface area contributed by atoms with Gasteiger partial charge in [-0.05, 0) is 92.2 Å². The van der Waals surface area contributed by atoms with E-state index in [0.717, 1.165) is 22.6 Å². The van der Waals surface area contributed by atoms with E-state index in [4.69, 9.17) is 53.4 Å². The summed E-state index contributed by atoms with van der Waals surface area (Å²) in [6.07, 6.45) is 1.43. The van der Waals surface area contributed by atoms with Gasteiger partial charge in [-0.1, -0.05) is 40.9 Å².